The first-order valence-corrected chi connectivity index (χ1v) is 10.2. The molecule has 2 N–H and O–H groups in total. The first-order valence-electron chi connectivity index (χ1n) is 10.2. The topological polar surface area (TPSA) is 78.4 Å². The van der Waals surface area contributed by atoms with Gasteiger partial charge >= 0.3 is 6.09 Å². The lowest BCUT2D eigenvalue weighted by molar-refractivity contribution is 0.0147. The van der Waals surface area contributed by atoms with Gasteiger partial charge < -0.3 is 25.0 Å². The molecule has 0 aromatic heterocycles. The van der Waals surface area contributed by atoms with Crippen LogP contribution < -0.4 is 10.6 Å². The van der Waals surface area contributed by atoms with Crippen LogP contribution in [0.5, 0.6) is 0 Å². The number of hydrogen-bond acceptors (Lipinski definition) is 5. The third kappa shape index (κ3) is 11.0. The second-order valence-corrected chi connectivity index (χ2v) is 7.55. The smallest absolute Gasteiger partial charge is 0.410 e. The van der Waals surface area contributed by atoms with Crippen LogP contribution in [0.25, 0.3) is 0 Å². The molecule has 8 heteroatoms. The van der Waals surface area contributed by atoms with Crippen molar-refractivity contribution in [1.29, 1.82) is 0 Å². The van der Waals surface area contributed by atoms with E-state index < -0.39 is 5.60 Å². The summed E-state index contributed by atoms with van der Waals surface area (Å²) >= 11 is 0. The minimum absolute atomic E-state index is 0.214. The standard InChI is InChI=1S/C19H39N5O3/c1-6-20-17(21-9-8-16-26-7-2)22-10-11-23-12-14-24(15-13-23)18(25)27-19(3,4)5/h6-16H2,1-5H3,(H2,20,21,22). The summed E-state index contributed by atoms with van der Waals surface area (Å²) in [4.78, 5) is 20.8. The number of aliphatic imine (C=N–C) groups is 1. The third-order valence-corrected chi connectivity index (χ3v) is 4.01. The van der Waals surface area contributed by atoms with Gasteiger partial charge in [0.05, 0.1) is 0 Å². The molecule has 0 saturated carbocycles. The molecule has 0 aromatic rings. The molecule has 0 bridgehead atoms. The van der Waals surface area contributed by atoms with E-state index in [0.717, 1.165) is 64.9 Å². The van der Waals surface area contributed by atoms with E-state index in [4.69, 9.17) is 9.47 Å². The molecule has 1 aliphatic rings. The molecule has 0 atom stereocenters. The summed E-state index contributed by atoms with van der Waals surface area (Å²) in [5, 5.41) is 6.64. The van der Waals surface area contributed by atoms with Gasteiger partial charge in [-0.2, -0.15) is 0 Å². The van der Waals surface area contributed by atoms with Crippen LogP contribution in [-0.4, -0.2) is 93.0 Å². The predicted molar refractivity (Wildman–Crippen MR) is 109 cm³/mol. The number of ether oxygens (including phenoxy) is 2. The summed E-state index contributed by atoms with van der Waals surface area (Å²) < 4.78 is 10.8. The number of hydrogen-bond donors (Lipinski definition) is 2. The van der Waals surface area contributed by atoms with Gasteiger partial charge in [0.25, 0.3) is 0 Å². The number of nitrogens with one attached hydrogen (secondary N) is 2. The highest BCUT2D eigenvalue weighted by Gasteiger charge is 2.25. The maximum atomic E-state index is 12.1. The van der Waals surface area contributed by atoms with Gasteiger partial charge in [-0.15, -0.1) is 0 Å². The van der Waals surface area contributed by atoms with Crippen LogP contribution >= 0.6 is 0 Å². The van der Waals surface area contributed by atoms with Crippen molar-refractivity contribution in [2.45, 2.75) is 46.6 Å². The zero-order valence-electron chi connectivity index (χ0n) is 17.8. The van der Waals surface area contributed by atoms with Crippen molar-refractivity contribution in [3.05, 3.63) is 0 Å². The van der Waals surface area contributed by atoms with Crippen molar-refractivity contribution in [3.63, 3.8) is 0 Å². The van der Waals surface area contributed by atoms with Crippen molar-refractivity contribution in [2.75, 3.05) is 65.6 Å². The van der Waals surface area contributed by atoms with Crippen LogP contribution in [0.3, 0.4) is 0 Å². The lowest BCUT2D eigenvalue weighted by Crippen LogP contribution is -2.51. The number of guanidine groups is 1. The van der Waals surface area contributed by atoms with Crippen LogP contribution in [0.4, 0.5) is 4.79 Å². The largest absolute Gasteiger partial charge is 0.444 e. The molecule has 158 valence electrons. The van der Waals surface area contributed by atoms with Crippen LogP contribution in [-0.2, 0) is 9.47 Å². The van der Waals surface area contributed by atoms with E-state index in [1.807, 2.05) is 27.7 Å². The van der Waals surface area contributed by atoms with E-state index in [0.29, 0.717) is 13.1 Å². The van der Waals surface area contributed by atoms with E-state index in [-0.39, 0.29) is 6.09 Å². The van der Waals surface area contributed by atoms with E-state index in [2.05, 4.69) is 27.4 Å². The number of nitrogens with zero attached hydrogens (tertiary/aromatic N) is 3. The number of rotatable bonds is 9. The van der Waals surface area contributed by atoms with Crippen molar-refractivity contribution >= 4 is 12.1 Å². The highest BCUT2D eigenvalue weighted by atomic mass is 16.6. The Morgan fingerprint density at radius 2 is 1.81 bits per heavy atom. The molecular weight excluding hydrogens is 346 g/mol. The van der Waals surface area contributed by atoms with Crippen molar-refractivity contribution < 1.29 is 14.3 Å². The average Bonchev–Trinajstić information content (AvgIpc) is 2.60. The van der Waals surface area contributed by atoms with E-state index in [1.54, 1.807) is 4.90 Å². The normalized spacial score (nSPS) is 16.3. The second-order valence-electron chi connectivity index (χ2n) is 7.55. The van der Waals surface area contributed by atoms with E-state index >= 15 is 0 Å². The van der Waals surface area contributed by atoms with Crippen LogP contribution in [0.1, 0.15) is 41.0 Å². The van der Waals surface area contributed by atoms with Gasteiger partial charge in [-0.25, -0.2) is 4.79 Å². The number of piperazine rings is 1. The van der Waals surface area contributed by atoms with Crippen LogP contribution in [0.15, 0.2) is 4.99 Å². The Hall–Kier alpha value is -1.54. The summed E-state index contributed by atoms with van der Waals surface area (Å²) in [6, 6.07) is 0. The molecule has 0 radical (unpaired) electrons. The Labute approximate surface area is 164 Å². The molecule has 27 heavy (non-hydrogen) atoms. The van der Waals surface area contributed by atoms with Gasteiger partial charge in [-0.1, -0.05) is 0 Å². The molecule has 0 unspecified atom stereocenters. The Kier molecular flexibility index (Phi) is 11.1. The summed E-state index contributed by atoms with van der Waals surface area (Å²) in [7, 11) is 0. The van der Waals surface area contributed by atoms with Gasteiger partial charge in [0.2, 0.25) is 0 Å². The highest BCUT2D eigenvalue weighted by molar-refractivity contribution is 5.79. The Morgan fingerprint density at radius 1 is 1.11 bits per heavy atom. The fraction of sp³-hybridized carbons (Fsp3) is 0.895. The lowest BCUT2D eigenvalue weighted by atomic mass is 10.2. The molecule has 8 nitrogen and oxygen atoms in total. The monoisotopic (exact) mass is 385 g/mol. The first-order chi connectivity index (χ1) is 12.9. The zero-order valence-corrected chi connectivity index (χ0v) is 17.8. The van der Waals surface area contributed by atoms with Gasteiger partial charge in [0, 0.05) is 65.6 Å². The molecular formula is C19H39N5O3. The van der Waals surface area contributed by atoms with Crippen LogP contribution in [0.2, 0.25) is 0 Å². The van der Waals surface area contributed by atoms with Crippen LogP contribution in [0, 0.1) is 0 Å². The molecule has 1 heterocycles. The molecule has 1 saturated heterocycles. The zero-order chi connectivity index (χ0) is 20.1. The van der Waals surface area contributed by atoms with E-state index in [9.17, 15) is 4.79 Å². The van der Waals surface area contributed by atoms with Crippen molar-refractivity contribution in [2.24, 2.45) is 4.99 Å². The molecule has 1 rings (SSSR count). The summed E-state index contributed by atoms with van der Waals surface area (Å²) in [5.41, 5.74) is -0.442. The molecule has 0 spiro atoms. The Bertz CT molecular complexity index is 443. The average molecular weight is 386 g/mol. The lowest BCUT2D eigenvalue weighted by Gasteiger charge is -2.35. The Balaban J connectivity index is 2.25. The summed E-state index contributed by atoms with van der Waals surface area (Å²) in [6.45, 7) is 17.7. The fourth-order valence-electron chi connectivity index (χ4n) is 2.66. The predicted octanol–water partition coefficient (Wildman–Crippen LogP) is 1.52. The minimum Gasteiger partial charge on any atom is -0.444 e. The molecule has 1 fully saturated rings. The summed E-state index contributed by atoms with van der Waals surface area (Å²) in [6.07, 6.45) is 0.714. The molecule has 0 aliphatic carbocycles. The van der Waals surface area contributed by atoms with Crippen molar-refractivity contribution in [3.8, 4) is 0 Å². The number of amides is 1. The fourth-order valence-corrected chi connectivity index (χ4v) is 2.66. The molecule has 1 aliphatic heterocycles. The molecule has 0 aromatic carbocycles. The van der Waals surface area contributed by atoms with Crippen molar-refractivity contribution in [1.82, 2.24) is 20.4 Å². The SMILES string of the molecule is CCNC(=NCCCOCC)NCCN1CCN(C(=O)OC(C)(C)C)CC1. The summed E-state index contributed by atoms with van der Waals surface area (Å²) in [5.74, 6) is 0.849. The highest BCUT2D eigenvalue weighted by Crippen LogP contribution is 2.11. The minimum atomic E-state index is -0.442. The van der Waals surface area contributed by atoms with Gasteiger partial charge in [-0.3, -0.25) is 9.89 Å². The van der Waals surface area contributed by atoms with E-state index in [1.165, 1.54) is 0 Å². The maximum absolute atomic E-state index is 12.1. The van der Waals surface area contributed by atoms with Gasteiger partial charge in [0.15, 0.2) is 5.96 Å². The quantitative estimate of drug-likeness (QED) is 0.356. The molecule has 1 amide bonds. The van der Waals surface area contributed by atoms with Gasteiger partial charge in [0.1, 0.15) is 5.60 Å². The maximum Gasteiger partial charge on any atom is 0.410 e. The van der Waals surface area contributed by atoms with Gasteiger partial charge in [-0.05, 0) is 41.0 Å². The Morgan fingerprint density at radius 3 is 2.41 bits per heavy atom. The third-order valence-electron chi connectivity index (χ3n) is 4.01. The number of carbonyl (C=O) groups is 1. The second kappa shape index (κ2) is 12.8. The number of carbonyl (C=O) groups excluding carboxylic acids is 1. The first kappa shape index (κ1) is 23.5.